The Kier molecular flexibility index (Phi) is 3.98. The first-order valence-electron chi connectivity index (χ1n) is 6.82. The van der Waals surface area contributed by atoms with Crippen LogP contribution in [0.25, 0.3) is 10.9 Å². The fraction of sp³-hybridized carbons (Fsp3) is 0.176. The van der Waals surface area contributed by atoms with E-state index in [1.165, 1.54) is 5.56 Å². The van der Waals surface area contributed by atoms with E-state index in [0.29, 0.717) is 10.9 Å². The molecule has 0 spiro atoms. The summed E-state index contributed by atoms with van der Waals surface area (Å²) in [5.41, 5.74) is 2.53. The maximum atomic E-state index is 12.0. The summed E-state index contributed by atoms with van der Waals surface area (Å²) >= 11 is 3.33. The van der Waals surface area contributed by atoms with Crippen LogP contribution in [0.3, 0.4) is 0 Å². The minimum Gasteiger partial charge on any atom is -0.484 e. The number of halogens is 1. The van der Waals surface area contributed by atoms with E-state index in [0.717, 1.165) is 15.8 Å². The highest BCUT2D eigenvalue weighted by atomic mass is 79.9. The smallest absolute Gasteiger partial charge is 0.346 e. The van der Waals surface area contributed by atoms with Gasteiger partial charge in [-0.25, -0.2) is 9.78 Å². The molecule has 4 nitrogen and oxygen atoms in total. The zero-order valence-electron chi connectivity index (χ0n) is 12.2. The van der Waals surface area contributed by atoms with Gasteiger partial charge in [0.2, 0.25) is 5.89 Å². The Balaban J connectivity index is 1.86. The van der Waals surface area contributed by atoms with Crippen molar-refractivity contribution in [2.24, 2.45) is 0 Å². The Labute approximate surface area is 135 Å². The molecule has 0 radical (unpaired) electrons. The molecule has 0 atom stereocenters. The van der Waals surface area contributed by atoms with Crippen LogP contribution in [0.5, 0.6) is 5.75 Å². The van der Waals surface area contributed by atoms with Crippen molar-refractivity contribution in [3.63, 3.8) is 0 Å². The van der Waals surface area contributed by atoms with Crippen LogP contribution < -0.4 is 10.4 Å². The third kappa shape index (κ3) is 3.04. The molecule has 1 aromatic heterocycles. The number of nitrogens with zero attached hydrogens (tertiary/aromatic N) is 1. The molecular formula is C17H14BrNO3. The van der Waals surface area contributed by atoms with Crippen molar-refractivity contribution in [1.29, 1.82) is 0 Å². The predicted octanol–water partition coefficient (Wildman–Crippen LogP) is 4.15. The molecule has 0 unspecified atom stereocenters. The van der Waals surface area contributed by atoms with E-state index in [9.17, 15) is 4.79 Å². The number of benzene rings is 2. The highest BCUT2D eigenvalue weighted by Crippen LogP contribution is 2.19. The molecule has 0 N–H and O–H groups in total. The van der Waals surface area contributed by atoms with Gasteiger partial charge in [-0.3, -0.25) is 0 Å². The summed E-state index contributed by atoms with van der Waals surface area (Å²) in [6, 6.07) is 11.1. The molecule has 0 saturated carbocycles. The third-order valence-electron chi connectivity index (χ3n) is 3.47. The molecule has 0 amide bonds. The van der Waals surface area contributed by atoms with E-state index in [1.54, 1.807) is 12.1 Å². The van der Waals surface area contributed by atoms with Gasteiger partial charge in [0.25, 0.3) is 0 Å². The van der Waals surface area contributed by atoms with Gasteiger partial charge in [-0.2, -0.15) is 0 Å². The first-order chi connectivity index (χ1) is 10.5. The first kappa shape index (κ1) is 14.8. The molecule has 0 aliphatic carbocycles. The van der Waals surface area contributed by atoms with Crippen LogP contribution in [-0.4, -0.2) is 4.98 Å². The minimum absolute atomic E-state index is 0.115. The topological polar surface area (TPSA) is 52.3 Å². The molecular weight excluding hydrogens is 346 g/mol. The van der Waals surface area contributed by atoms with Gasteiger partial charge in [0.1, 0.15) is 5.75 Å². The van der Waals surface area contributed by atoms with Gasteiger partial charge in [-0.15, -0.1) is 0 Å². The maximum absolute atomic E-state index is 12.0. The lowest BCUT2D eigenvalue weighted by Gasteiger charge is -2.07. The summed E-state index contributed by atoms with van der Waals surface area (Å²) in [7, 11) is 0. The molecule has 112 valence electrons. The van der Waals surface area contributed by atoms with Gasteiger partial charge in [0, 0.05) is 4.47 Å². The van der Waals surface area contributed by atoms with Crippen molar-refractivity contribution in [2.45, 2.75) is 20.5 Å². The van der Waals surface area contributed by atoms with Gasteiger partial charge < -0.3 is 9.15 Å². The fourth-order valence-electron chi connectivity index (χ4n) is 2.10. The summed E-state index contributed by atoms with van der Waals surface area (Å²) in [4.78, 5) is 16.3. The van der Waals surface area contributed by atoms with Crippen molar-refractivity contribution in [3.05, 3.63) is 68.3 Å². The molecule has 0 aliphatic rings. The summed E-state index contributed by atoms with van der Waals surface area (Å²) < 4.78 is 11.7. The summed E-state index contributed by atoms with van der Waals surface area (Å²) in [6.07, 6.45) is 0. The molecule has 3 rings (SSSR count). The average molecular weight is 360 g/mol. The molecule has 3 aromatic rings. The Bertz CT molecular complexity index is 902. The molecule has 0 aliphatic heterocycles. The predicted molar refractivity (Wildman–Crippen MR) is 88.2 cm³/mol. The standard InChI is InChI=1S/C17H14BrNO3/c1-10-3-5-13(7-11(10)2)21-9-16-19-15-6-4-12(18)8-14(15)17(20)22-16/h3-8H,9H2,1-2H3. The molecule has 0 fully saturated rings. The summed E-state index contributed by atoms with van der Waals surface area (Å²) in [5, 5.41) is 0.448. The highest BCUT2D eigenvalue weighted by Gasteiger charge is 2.08. The lowest BCUT2D eigenvalue weighted by Crippen LogP contribution is -2.07. The fourth-order valence-corrected chi connectivity index (χ4v) is 2.46. The van der Waals surface area contributed by atoms with Crippen LogP contribution in [0.2, 0.25) is 0 Å². The van der Waals surface area contributed by atoms with Crippen molar-refractivity contribution in [3.8, 4) is 5.75 Å². The SMILES string of the molecule is Cc1ccc(OCc2nc3ccc(Br)cc3c(=O)o2)cc1C. The van der Waals surface area contributed by atoms with Crippen molar-refractivity contribution in [1.82, 2.24) is 4.98 Å². The van der Waals surface area contributed by atoms with Crippen LogP contribution in [-0.2, 0) is 6.61 Å². The quantitative estimate of drug-likeness (QED) is 0.704. The Hall–Kier alpha value is -2.14. The van der Waals surface area contributed by atoms with Crippen LogP contribution in [0.1, 0.15) is 17.0 Å². The zero-order chi connectivity index (χ0) is 15.7. The normalized spacial score (nSPS) is 10.9. The number of hydrogen-bond donors (Lipinski definition) is 0. The van der Waals surface area contributed by atoms with Gasteiger partial charge in [0.05, 0.1) is 10.9 Å². The molecule has 0 saturated heterocycles. The van der Waals surface area contributed by atoms with E-state index in [1.807, 2.05) is 38.1 Å². The number of hydrogen-bond acceptors (Lipinski definition) is 4. The van der Waals surface area contributed by atoms with Gasteiger partial charge in [0.15, 0.2) is 6.61 Å². The van der Waals surface area contributed by atoms with Crippen LogP contribution >= 0.6 is 15.9 Å². The van der Waals surface area contributed by atoms with E-state index in [-0.39, 0.29) is 12.5 Å². The molecule has 0 bridgehead atoms. The number of ether oxygens (including phenoxy) is 1. The number of aryl methyl sites for hydroxylation is 2. The second-order valence-electron chi connectivity index (χ2n) is 5.09. The van der Waals surface area contributed by atoms with Gasteiger partial charge in [-0.05, 0) is 55.3 Å². The van der Waals surface area contributed by atoms with E-state index in [4.69, 9.17) is 9.15 Å². The number of fused-ring (bicyclic) bond motifs is 1. The third-order valence-corrected chi connectivity index (χ3v) is 3.97. The van der Waals surface area contributed by atoms with Crippen LogP contribution in [0.4, 0.5) is 0 Å². The summed E-state index contributed by atoms with van der Waals surface area (Å²) in [5.74, 6) is 0.988. The second kappa shape index (κ2) is 5.93. The van der Waals surface area contributed by atoms with E-state index in [2.05, 4.69) is 20.9 Å². The van der Waals surface area contributed by atoms with Crippen LogP contribution in [0, 0.1) is 13.8 Å². The van der Waals surface area contributed by atoms with Crippen molar-refractivity contribution < 1.29 is 9.15 Å². The maximum Gasteiger partial charge on any atom is 0.346 e. The lowest BCUT2D eigenvalue weighted by atomic mass is 10.1. The molecule has 22 heavy (non-hydrogen) atoms. The number of aromatic nitrogens is 1. The lowest BCUT2D eigenvalue weighted by molar-refractivity contribution is 0.253. The second-order valence-corrected chi connectivity index (χ2v) is 6.01. The average Bonchev–Trinajstić information content (AvgIpc) is 2.49. The van der Waals surface area contributed by atoms with Crippen molar-refractivity contribution >= 4 is 26.8 Å². The monoisotopic (exact) mass is 359 g/mol. The minimum atomic E-state index is -0.412. The van der Waals surface area contributed by atoms with Gasteiger partial charge >= 0.3 is 5.63 Å². The highest BCUT2D eigenvalue weighted by molar-refractivity contribution is 9.10. The Morgan fingerprint density at radius 1 is 1.14 bits per heavy atom. The molecule has 1 heterocycles. The summed E-state index contributed by atoms with van der Waals surface area (Å²) in [6.45, 7) is 4.18. The molecule has 5 heteroatoms. The Morgan fingerprint density at radius 3 is 2.73 bits per heavy atom. The first-order valence-corrected chi connectivity index (χ1v) is 7.61. The largest absolute Gasteiger partial charge is 0.484 e. The molecule has 2 aromatic carbocycles. The van der Waals surface area contributed by atoms with Crippen molar-refractivity contribution in [2.75, 3.05) is 0 Å². The zero-order valence-corrected chi connectivity index (χ0v) is 13.8. The van der Waals surface area contributed by atoms with Gasteiger partial charge in [-0.1, -0.05) is 22.0 Å². The van der Waals surface area contributed by atoms with Crippen LogP contribution in [0.15, 0.2) is 50.1 Å². The number of rotatable bonds is 3. The Morgan fingerprint density at radius 2 is 1.95 bits per heavy atom. The van der Waals surface area contributed by atoms with E-state index < -0.39 is 5.63 Å². The van der Waals surface area contributed by atoms with E-state index >= 15 is 0 Å².